The fourth-order valence-corrected chi connectivity index (χ4v) is 3.63. The molecule has 216 valence electrons. The van der Waals surface area contributed by atoms with E-state index in [1.807, 2.05) is 0 Å². The molecule has 0 spiro atoms. The van der Waals surface area contributed by atoms with Crippen molar-refractivity contribution in [1.29, 1.82) is 0 Å². The summed E-state index contributed by atoms with van der Waals surface area (Å²) in [5, 5.41) is 17.4. The quantitative estimate of drug-likeness (QED) is 0.109. The van der Waals surface area contributed by atoms with Crippen LogP contribution in [0, 0.1) is 0 Å². The minimum absolute atomic E-state index is 0.147. The number of nitrogens with zero attached hydrogens (tertiary/aromatic N) is 3. The average Bonchev–Trinajstić information content (AvgIpc) is 2.99. The molecule has 0 aliphatic rings. The number of hydrogen-bond acceptors (Lipinski definition) is 9. The van der Waals surface area contributed by atoms with Crippen LogP contribution in [0.15, 0.2) is 72.8 Å². The van der Waals surface area contributed by atoms with Crippen molar-refractivity contribution in [3.05, 3.63) is 72.8 Å². The van der Waals surface area contributed by atoms with Crippen LogP contribution < -0.4 is 31.9 Å². The van der Waals surface area contributed by atoms with Crippen molar-refractivity contribution in [1.82, 2.24) is 15.0 Å². The van der Waals surface area contributed by atoms with Gasteiger partial charge in [0.25, 0.3) is 0 Å². The molecule has 3 aromatic carbocycles. The second-order valence-electron chi connectivity index (χ2n) is 8.46. The second-order valence-corrected chi connectivity index (χ2v) is 9.26. The molecule has 0 radical (unpaired) electrons. The molecule has 0 saturated heterocycles. The summed E-state index contributed by atoms with van der Waals surface area (Å²) in [6.07, 6.45) is 0. The Morgan fingerprint density at radius 3 is 0.857 bits per heavy atom. The van der Waals surface area contributed by atoms with Gasteiger partial charge in [0, 0.05) is 34.1 Å². The first-order chi connectivity index (χ1) is 20.3. The lowest BCUT2D eigenvalue weighted by atomic mass is 10.2. The molecule has 1 aromatic heterocycles. The maximum atomic E-state index is 11.5. The van der Waals surface area contributed by atoms with Gasteiger partial charge in [0.05, 0.1) is 0 Å². The predicted molar refractivity (Wildman–Crippen MR) is 167 cm³/mol. The smallest absolute Gasteiger partial charge is 0.239 e. The van der Waals surface area contributed by atoms with Gasteiger partial charge in [-0.2, -0.15) is 15.0 Å². The van der Waals surface area contributed by atoms with Gasteiger partial charge < -0.3 is 31.9 Å². The molecule has 0 atom stereocenters. The summed E-state index contributed by atoms with van der Waals surface area (Å²) in [4.78, 5) is 48.0. The van der Waals surface area contributed by atoms with Gasteiger partial charge in [-0.05, 0) is 72.8 Å². The van der Waals surface area contributed by atoms with E-state index in [9.17, 15) is 14.4 Å². The number of alkyl halides is 3. The standard InChI is InChI=1S/C27H24Cl3N9O3/c28-13-22(40)31-16-1-7-19(8-2-16)34-25-37-26(35-20-9-3-17(4-10-20)32-23(41)14-29)39-27(38-25)36-21-11-5-18(6-12-21)33-24(42)15-30/h1-12H,13-15H2,(H,31,40)(H,32,41)(H,33,42)(H3,34,35,36,37,38,39). The Labute approximate surface area is 255 Å². The van der Waals surface area contributed by atoms with Crippen LogP contribution in [-0.2, 0) is 14.4 Å². The van der Waals surface area contributed by atoms with Crippen molar-refractivity contribution in [2.75, 3.05) is 49.5 Å². The molecule has 0 aliphatic heterocycles. The molecule has 0 fully saturated rings. The molecule has 4 rings (SSSR count). The van der Waals surface area contributed by atoms with Gasteiger partial charge in [-0.25, -0.2) is 0 Å². The molecule has 0 bridgehead atoms. The minimum Gasteiger partial charge on any atom is -0.325 e. The van der Waals surface area contributed by atoms with Crippen LogP contribution in [0.1, 0.15) is 0 Å². The Kier molecular flexibility index (Phi) is 10.7. The number of rotatable bonds is 12. The number of hydrogen-bond donors (Lipinski definition) is 6. The Morgan fingerprint density at radius 2 is 0.643 bits per heavy atom. The first-order valence-corrected chi connectivity index (χ1v) is 13.9. The molecular formula is C27H24Cl3N9O3. The maximum absolute atomic E-state index is 11.5. The largest absolute Gasteiger partial charge is 0.325 e. The van der Waals surface area contributed by atoms with Crippen molar-refractivity contribution in [3.8, 4) is 0 Å². The van der Waals surface area contributed by atoms with Crippen molar-refractivity contribution in [2.45, 2.75) is 0 Å². The van der Waals surface area contributed by atoms with Crippen LogP contribution in [0.4, 0.5) is 52.0 Å². The molecular weight excluding hydrogens is 605 g/mol. The zero-order valence-electron chi connectivity index (χ0n) is 21.7. The highest BCUT2D eigenvalue weighted by atomic mass is 35.5. The van der Waals surface area contributed by atoms with Crippen LogP contribution in [0.2, 0.25) is 0 Å². The second kappa shape index (κ2) is 14.8. The minimum atomic E-state index is -0.315. The van der Waals surface area contributed by atoms with Crippen molar-refractivity contribution < 1.29 is 14.4 Å². The summed E-state index contributed by atoms with van der Waals surface area (Å²) >= 11 is 16.7. The molecule has 0 unspecified atom stereocenters. The molecule has 4 aromatic rings. The first-order valence-electron chi connectivity index (χ1n) is 12.3. The van der Waals surface area contributed by atoms with Gasteiger partial charge in [0.15, 0.2) is 0 Å². The van der Waals surface area contributed by atoms with E-state index in [0.29, 0.717) is 34.1 Å². The third-order valence-corrected chi connectivity index (χ3v) is 6.00. The summed E-state index contributed by atoms with van der Waals surface area (Å²) < 4.78 is 0. The summed E-state index contributed by atoms with van der Waals surface area (Å²) in [6.45, 7) is 0. The lowest BCUT2D eigenvalue weighted by Crippen LogP contribution is -2.12. The highest BCUT2D eigenvalue weighted by molar-refractivity contribution is 6.29. The van der Waals surface area contributed by atoms with E-state index in [4.69, 9.17) is 34.8 Å². The Bertz CT molecular complexity index is 1340. The third-order valence-electron chi connectivity index (χ3n) is 5.27. The summed E-state index contributed by atoms with van der Waals surface area (Å²) in [5.41, 5.74) is 3.72. The fraction of sp³-hybridized carbons (Fsp3) is 0.111. The SMILES string of the molecule is O=C(CCl)Nc1ccc(Nc2nc(Nc3ccc(NC(=O)CCl)cc3)nc(Nc3ccc(NC(=O)CCl)cc3)n2)cc1. The molecule has 42 heavy (non-hydrogen) atoms. The average molecular weight is 629 g/mol. The molecule has 0 saturated carbocycles. The van der Waals surface area contributed by atoms with Gasteiger partial charge >= 0.3 is 0 Å². The molecule has 12 nitrogen and oxygen atoms in total. The molecule has 1 heterocycles. The van der Waals surface area contributed by atoms with E-state index < -0.39 is 0 Å². The van der Waals surface area contributed by atoms with E-state index in [2.05, 4.69) is 46.9 Å². The van der Waals surface area contributed by atoms with Crippen LogP contribution in [0.5, 0.6) is 0 Å². The molecule has 6 N–H and O–H groups in total. The number of amides is 3. The van der Waals surface area contributed by atoms with Crippen LogP contribution in [-0.4, -0.2) is 50.3 Å². The van der Waals surface area contributed by atoms with Crippen molar-refractivity contribution in [3.63, 3.8) is 0 Å². The van der Waals surface area contributed by atoms with Gasteiger partial charge in [-0.3, -0.25) is 14.4 Å². The summed E-state index contributed by atoms with van der Waals surface area (Å²) in [7, 11) is 0. The number of halogens is 3. The van der Waals surface area contributed by atoms with Crippen LogP contribution in [0.3, 0.4) is 0 Å². The zero-order chi connectivity index (χ0) is 29.9. The first kappa shape index (κ1) is 30.3. The number of carbonyl (C=O) groups excluding carboxylic acids is 3. The zero-order valence-corrected chi connectivity index (χ0v) is 24.0. The normalized spacial score (nSPS) is 10.4. The van der Waals surface area contributed by atoms with Gasteiger partial charge in [0.1, 0.15) is 17.6 Å². The number of nitrogens with one attached hydrogen (secondary N) is 6. The van der Waals surface area contributed by atoms with E-state index in [-0.39, 0.29) is 53.2 Å². The number of aromatic nitrogens is 3. The molecule has 3 amide bonds. The summed E-state index contributed by atoms with van der Waals surface area (Å²) in [5.74, 6) is -0.705. The third kappa shape index (κ3) is 9.20. The monoisotopic (exact) mass is 627 g/mol. The molecule has 15 heteroatoms. The van der Waals surface area contributed by atoms with Crippen molar-refractivity contribution >= 4 is 104 Å². The topological polar surface area (TPSA) is 162 Å². The highest BCUT2D eigenvalue weighted by Crippen LogP contribution is 2.23. The van der Waals surface area contributed by atoms with Crippen molar-refractivity contribution in [2.24, 2.45) is 0 Å². The van der Waals surface area contributed by atoms with E-state index in [1.54, 1.807) is 72.8 Å². The predicted octanol–water partition coefficient (Wildman–Crippen LogP) is 5.63. The van der Waals surface area contributed by atoms with Gasteiger partial charge in [0.2, 0.25) is 35.6 Å². The van der Waals surface area contributed by atoms with Gasteiger partial charge in [-0.1, -0.05) is 0 Å². The lowest BCUT2D eigenvalue weighted by Gasteiger charge is -2.13. The van der Waals surface area contributed by atoms with E-state index in [0.717, 1.165) is 0 Å². The summed E-state index contributed by atoms with van der Waals surface area (Å²) in [6, 6.07) is 20.7. The number of carbonyl (C=O) groups is 3. The fourth-order valence-electron chi connectivity index (χ4n) is 3.42. The lowest BCUT2D eigenvalue weighted by molar-refractivity contribution is -0.114. The number of benzene rings is 3. The Morgan fingerprint density at radius 1 is 0.429 bits per heavy atom. The molecule has 0 aliphatic carbocycles. The van der Waals surface area contributed by atoms with E-state index in [1.165, 1.54) is 0 Å². The van der Waals surface area contributed by atoms with Crippen LogP contribution >= 0.6 is 34.8 Å². The Balaban J connectivity index is 1.55. The highest BCUT2D eigenvalue weighted by Gasteiger charge is 2.10. The maximum Gasteiger partial charge on any atom is 0.239 e. The van der Waals surface area contributed by atoms with Gasteiger partial charge in [-0.15, -0.1) is 34.8 Å². The van der Waals surface area contributed by atoms with Crippen LogP contribution in [0.25, 0.3) is 0 Å². The Hall–Kier alpha value is -4.65. The number of anilines is 9. The van der Waals surface area contributed by atoms with E-state index >= 15 is 0 Å².